The van der Waals surface area contributed by atoms with Gasteiger partial charge in [0, 0.05) is 36.8 Å². The smallest absolute Gasteiger partial charge is 0.317 e. The van der Waals surface area contributed by atoms with Crippen LogP contribution in [0.2, 0.25) is 0 Å². The molecule has 27 heavy (non-hydrogen) atoms. The van der Waals surface area contributed by atoms with Crippen LogP contribution in [-0.2, 0) is 0 Å². The molecule has 0 aromatic heterocycles. The van der Waals surface area contributed by atoms with E-state index < -0.39 is 0 Å². The molecule has 7 heteroatoms. The van der Waals surface area contributed by atoms with Crippen LogP contribution in [0.3, 0.4) is 0 Å². The SMILES string of the molecule is CCNC(=O)N1CCC(/C(C#N)=C/NC)=C(SC)C1.O=Cc1ccccc1. The highest BCUT2D eigenvalue weighted by atomic mass is 32.2. The third-order valence-corrected chi connectivity index (χ3v) is 4.70. The van der Waals surface area contributed by atoms with Gasteiger partial charge in [0.15, 0.2) is 0 Å². The number of rotatable bonds is 5. The van der Waals surface area contributed by atoms with Crippen LogP contribution in [0.5, 0.6) is 0 Å². The van der Waals surface area contributed by atoms with Crippen molar-refractivity contribution in [3.05, 3.63) is 58.1 Å². The molecule has 1 aliphatic rings. The molecular formula is C20H26N4O2S. The molecule has 2 N–H and O–H groups in total. The van der Waals surface area contributed by atoms with Crippen LogP contribution in [0.15, 0.2) is 52.6 Å². The van der Waals surface area contributed by atoms with Gasteiger partial charge in [-0.3, -0.25) is 4.79 Å². The molecule has 0 saturated heterocycles. The maximum atomic E-state index is 11.8. The summed E-state index contributed by atoms with van der Waals surface area (Å²) in [5, 5.41) is 14.9. The number of allylic oxidation sites excluding steroid dienone is 1. The van der Waals surface area contributed by atoms with Gasteiger partial charge in [-0.1, -0.05) is 30.3 Å². The Balaban J connectivity index is 0.000000377. The van der Waals surface area contributed by atoms with Crippen molar-refractivity contribution in [1.82, 2.24) is 15.5 Å². The summed E-state index contributed by atoms with van der Waals surface area (Å²) < 4.78 is 0. The van der Waals surface area contributed by atoms with Crippen molar-refractivity contribution in [3.63, 3.8) is 0 Å². The summed E-state index contributed by atoms with van der Waals surface area (Å²) in [6.07, 6.45) is 5.24. The molecule has 2 amide bonds. The predicted octanol–water partition coefficient (Wildman–Crippen LogP) is 3.16. The van der Waals surface area contributed by atoms with Crippen molar-refractivity contribution in [2.45, 2.75) is 13.3 Å². The molecule has 1 heterocycles. The molecule has 1 aromatic rings. The maximum Gasteiger partial charge on any atom is 0.317 e. The van der Waals surface area contributed by atoms with E-state index in [1.165, 1.54) is 0 Å². The molecule has 144 valence electrons. The number of hydrogen-bond acceptors (Lipinski definition) is 5. The lowest BCUT2D eigenvalue weighted by Gasteiger charge is -2.30. The Kier molecular flexibility index (Phi) is 10.4. The van der Waals surface area contributed by atoms with Crippen LogP contribution < -0.4 is 10.6 Å². The highest BCUT2D eigenvalue weighted by molar-refractivity contribution is 8.02. The second-order valence-electron chi connectivity index (χ2n) is 5.60. The molecule has 0 fully saturated rings. The highest BCUT2D eigenvalue weighted by Gasteiger charge is 2.23. The number of benzene rings is 1. The van der Waals surface area contributed by atoms with E-state index in [-0.39, 0.29) is 6.03 Å². The van der Waals surface area contributed by atoms with E-state index in [1.807, 2.05) is 31.4 Å². The lowest BCUT2D eigenvalue weighted by atomic mass is 10.0. The largest absolute Gasteiger partial charge is 0.393 e. The molecule has 0 spiro atoms. The van der Waals surface area contributed by atoms with Gasteiger partial charge in [-0.2, -0.15) is 5.26 Å². The average Bonchev–Trinajstić information content (AvgIpc) is 2.72. The van der Waals surface area contributed by atoms with Gasteiger partial charge in [-0.25, -0.2) is 4.79 Å². The minimum Gasteiger partial charge on any atom is -0.393 e. The van der Waals surface area contributed by atoms with E-state index in [9.17, 15) is 14.9 Å². The summed E-state index contributed by atoms with van der Waals surface area (Å²) in [5.74, 6) is 0. The van der Waals surface area contributed by atoms with Crippen molar-refractivity contribution in [3.8, 4) is 6.07 Å². The van der Waals surface area contributed by atoms with Crippen LogP contribution in [0.1, 0.15) is 23.7 Å². The quantitative estimate of drug-likeness (QED) is 0.600. The molecule has 0 aliphatic carbocycles. The van der Waals surface area contributed by atoms with Crippen LogP contribution in [0.25, 0.3) is 0 Å². The monoisotopic (exact) mass is 386 g/mol. The zero-order chi connectivity index (χ0) is 20.1. The molecule has 0 unspecified atom stereocenters. The van der Waals surface area contributed by atoms with Crippen LogP contribution >= 0.6 is 11.8 Å². The first-order chi connectivity index (χ1) is 13.1. The van der Waals surface area contributed by atoms with Gasteiger partial charge in [-0.05, 0) is 25.2 Å². The van der Waals surface area contributed by atoms with Crippen molar-refractivity contribution in [2.75, 3.05) is 32.9 Å². The number of hydrogen-bond donors (Lipinski definition) is 2. The first-order valence-electron chi connectivity index (χ1n) is 8.68. The third kappa shape index (κ3) is 7.19. The number of thioether (sulfide) groups is 1. The fraction of sp³-hybridized carbons (Fsp3) is 0.350. The van der Waals surface area contributed by atoms with E-state index in [0.29, 0.717) is 31.6 Å². The van der Waals surface area contributed by atoms with Gasteiger partial charge in [0.1, 0.15) is 12.4 Å². The number of urea groups is 1. The molecule has 0 atom stereocenters. The number of nitrogens with one attached hydrogen (secondary N) is 2. The maximum absolute atomic E-state index is 11.8. The van der Waals surface area contributed by atoms with Crippen molar-refractivity contribution < 1.29 is 9.59 Å². The Morgan fingerprint density at radius 3 is 2.56 bits per heavy atom. The molecule has 0 saturated carbocycles. The fourth-order valence-corrected chi connectivity index (χ4v) is 3.25. The summed E-state index contributed by atoms with van der Waals surface area (Å²) >= 11 is 1.60. The Morgan fingerprint density at radius 2 is 2.07 bits per heavy atom. The molecule has 1 aliphatic heterocycles. The minimum absolute atomic E-state index is 0.0378. The van der Waals surface area contributed by atoms with Gasteiger partial charge in [0.25, 0.3) is 0 Å². The zero-order valence-electron chi connectivity index (χ0n) is 16.0. The molecule has 1 aromatic carbocycles. The predicted molar refractivity (Wildman–Crippen MR) is 110 cm³/mol. The highest BCUT2D eigenvalue weighted by Crippen LogP contribution is 2.30. The van der Waals surface area contributed by atoms with Gasteiger partial charge in [-0.15, -0.1) is 11.8 Å². The third-order valence-electron chi connectivity index (χ3n) is 3.83. The second-order valence-corrected chi connectivity index (χ2v) is 6.50. The molecular weight excluding hydrogens is 360 g/mol. The first-order valence-corrected chi connectivity index (χ1v) is 9.90. The van der Waals surface area contributed by atoms with Gasteiger partial charge in [0.2, 0.25) is 0 Å². The summed E-state index contributed by atoms with van der Waals surface area (Å²) in [5.41, 5.74) is 2.43. The lowest BCUT2D eigenvalue weighted by Crippen LogP contribution is -2.43. The first kappa shape index (κ1) is 22.3. The summed E-state index contributed by atoms with van der Waals surface area (Å²) in [4.78, 5) is 24.7. The van der Waals surface area contributed by atoms with E-state index in [2.05, 4.69) is 16.7 Å². The van der Waals surface area contributed by atoms with Crippen molar-refractivity contribution in [1.29, 1.82) is 5.26 Å². The van der Waals surface area contributed by atoms with E-state index in [4.69, 9.17) is 0 Å². The number of nitriles is 1. The average molecular weight is 387 g/mol. The van der Waals surface area contributed by atoms with Crippen LogP contribution in [0, 0.1) is 11.3 Å². The number of carbonyl (C=O) groups excluding carboxylic acids is 2. The summed E-state index contributed by atoms with van der Waals surface area (Å²) in [7, 11) is 1.78. The Hall–Kier alpha value is -2.72. The van der Waals surface area contributed by atoms with E-state index in [1.54, 1.807) is 42.0 Å². The van der Waals surface area contributed by atoms with Gasteiger partial charge in [0.05, 0.1) is 12.1 Å². The Labute approximate surface area is 165 Å². The Bertz CT molecular complexity index is 723. The number of aldehydes is 1. The normalized spacial score (nSPS) is 13.9. The zero-order valence-corrected chi connectivity index (χ0v) is 16.8. The number of nitrogens with zero attached hydrogens (tertiary/aromatic N) is 2. The summed E-state index contributed by atoms with van der Waals surface area (Å²) in [6.45, 7) is 3.75. The fourth-order valence-electron chi connectivity index (χ4n) is 2.51. The Morgan fingerprint density at radius 1 is 1.37 bits per heavy atom. The molecule has 2 rings (SSSR count). The molecule has 0 bridgehead atoms. The minimum atomic E-state index is -0.0378. The molecule has 6 nitrogen and oxygen atoms in total. The van der Waals surface area contributed by atoms with Crippen molar-refractivity contribution >= 4 is 24.1 Å². The number of amides is 2. The number of carbonyl (C=O) groups is 2. The lowest BCUT2D eigenvalue weighted by molar-refractivity contribution is 0.112. The van der Waals surface area contributed by atoms with Crippen molar-refractivity contribution in [2.24, 2.45) is 0 Å². The summed E-state index contributed by atoms with van der Waals surface area (Å²) in [6, 6.07) is 11.3. The van der Waals surface area contributed by atoms with Crippen LogP contribution in [0.4, 0.5) is 4.79 Å². The van der Waals surface area contributed by atoms with Crippen LogP contribution in [-0.4, -0.2) is 50.2 Å². The second kappa shape index (κ2) is 12.6. The van der Waals surface area contributed by atoms with E-state index in [0.717, 1.165) is 22.3 Å². The topological polar surface area (TPSA) is 85.2 Å². The standard InChI is InChI=1S/C13H20N4OS.C7H6O/c1-4-16-13(18)17-6-5-11(12(9-17)19-3)10(7-14)8-15-2;8-6-7-4-2-1-3-5-7/h8,15H,4-6,9H2,1-3H3,(H,16,18);1-6H/b10-8+;. The molecule has 0 radical (unpaired) electrons. The van der Waals surface area contributed by atoms with Gasteiger partial charge < -0.3 is 15.5 Å². The van der Waals surface area contributed by atoms with Gasteiger partial charge >= 0.3 is 6.03 Å². The van der Waals surface area contributed by atoms with E-state index >= 15 is 0 Å².